The van der Waals surface area contributed by atoms with E-state index < -0.39 is 0 Å². The van der Waals surface area contributed by atoms with Crippen molar-refractivity contribution in [3.63, 3.8) is 0 Å². The molecule has 4 aliphatic carbocycles. The summed E-state index contributed by atoms with van der Waals surface area (Å²) in [5.74, 6) is 4.73. The van der Waals surface area contributed by atoms with E-state index in [4.69, 9.17) is 5.73 Å². The van der Waals surface area contributed by atoms with Crippen LogP contribution in [0, 0.1) is 29.6 Å². The van der Waals surface area contributed by atoms with E-state index in [-0.39, 0.29) is 0 Å². The minimum atomic E-state index is 0.467. The first-order valence-electron chi connectivity index (χ1n) is 8.01. The normalized spacial score (nSPS) is 39.0. The molecule has 1 aromatic heterocycles. The Labute approximate surface area is 120 Å². The summed E-state index contributed by atoms with van der Waals surface area (Å²) >= 11 is 0. The van der Waals surface area contributed by atoms with Crippen molar-refractivity contribution in [2.45, 2.75) is 38.6 Å². The van der Waals surface area contributed by atoms with E-state index in [1.807, 2.05) is 11.7 Å². The van der Waals surface area contributed by atoms with Gasteiger partial charge in [-0.05, 0) is 67.8 Å². The van der Waals surface area contributed by atoms with Crippen LogP contribution in [0.25, 0.3) is 6.08 Å². The Balaban J connectivity index is 1.57. The van der Waals surface area contributed by atoms with Crippen molar-refractivity contribution >= 4 is 6.08 Å². The second-order valence-corrected chi connectivity index (χ2v) is 7.12. The highest BCUT2D eigenvalue weighted by Gasteiger charge is 2.47. The highest BCUT2D eigenvalue weighted by atomic mass is 15.4. The fourth-order valence-corrected chi connectivity index (χ4v) is 5.24. The Kier molecular flexibility index (Phi) is 2.95. The molecule has 0 aliphatic heterocycles. The van der Waals surface area contributed by atoms with E-state index in [1.54, 1.807) is 0 Å². The zero-order valence-corrected chi connectivity index (χ0v) is 12.2. The van der Waals surface area contributed by atoms with Crippen LogP contribution in [0.15, 0.2) is 6.08 Å². The van der Waals surface area contributed by atoms with Crippen LogP contribution in [0.4, 0.5) is 0 Å². The average Bonchev–Trinajstić information content (AvgIpc) is 2.78. The molecular weight excluding hydrogens is 248 g/mol. The lowest BCUT2D eigenvalue weighted by atomic mass is 9.52. The largest absolute Gasteiger partial charge is 0.325 e. The van der Waals surface area contributed by atoms with E-state index in [1.165, 1.54) is 32.1 Å². The highest BCUT2D eigenvalue weighted by molar-refractivity contribution is 5.48. The molecule has 0 atom stereocenters. The summed E-state index contributed by atoms with van der Waals surface area (Å²) in [5.41, 5.74) is 7.73. The number of rotatable bonds is 3. The van der Waals surface area contributed by atoms with Crippen LogP contribution in [-0.4, -0.2) is 15.0 Å². The third-order valence-electron chi connectivity index (χ3n) is 5.91. The van der Waals surface area contributed by atoms with Crippen LogP contribution >= 0.6 is 0 Å². The molecule has 2 N–H and O–H groups in total. The molecule has 0 saturated heterocycles. The molecule has 20 heavy (non-hydrogen) atoms. The van der Waals surface area contributed by atoms with Crippen molar-refractivity contribution in [3.8, 4) is 0 Å². The van der Waals surface area contributed by atoms with E-state index >= 15 is 0 Å². The van der Waals surface area contributed by atoms with Crippen molar-refractivity contribution in [1.29, 1.82) is 0 Å². The second kappa shape index (κ2) is 4.69. The van der Waals surface area contributed by atoms with E-state index in [2.05, 4.69) is 22.5 Å². The Morgan fingerprint density at radius 1 is 1.15 bits per heavy atom. The summed E-state index contributed by atoms with van der Waals surface area (Å²) in [5, 5.41) is 8.20. The van der Waals surface area contributed by atoms with Crippen molar-refractivity contribution in [2.24, 2.45) is 42.4 Å². The molecule has 0 aromatic carbocycles. The van der Waals surface area contributed by atoms with Gasteiger partial charge >= 0.3 is 0 Å². The first-order valence-corrected chi connectivity index (χ1v) is 8.01. The molecule has 108 valence electrons. The van der Waals surface area contributed by atoms with Crippen LogP contribution in [-0.2, 0) is 13.6 Å². The van der Waals surface area contributed by atoms with Crippen molar-refractivity contribution in [2.75, 3.05) is 0 Å². The SMILES string of the molecule is Cn1nnc(CN)c1/C=C/C1C2CC3CC(C2)CC1C3. The molecule has 5 rings (SSSR count). The van der Waals surface area contributed by atoms with E-state index in [0.717, 1.165) is 41.0 Å². The quantitative estimate of drug-likeness (QED) is 0.919. The zero-order chi connectivity index (χ0) is 13.7. The van der Waals surface area contributed by atoms with Gasteiger partial charge < -0.3 is 5.73 Å². The molecule has 0 amide bonds. The fourth-order valence-electron chi connectivity index (χ4n) is 5.24. The molecule has 4 saturated carbocycles. The van der Waals surface area contributed by atoms with Crippen LogP contribution in [0.3, 0.4) is 0 Å². The van der Waals surface area contributed by atoms with Gasteiger partial charge in [0.1, 0.15) is 5.69 Å². The summed E-state index contributed by atoms with van der Waals surface area (Å²) in [6, 6.07) is 0. The van der Waals surface area contributed by atoms with Crippen molar-refractivity contribution in [1.82, 2.24) is 15.0 Å². The Bertz CT molecular complexity index is 503. The van der Waals surface area contributed by atoms with Gasteiger partial charge in [-0.15, -0.1) is 5.10 Å². The van der Waals surface area contributed by atoms with Gasteiger partial charge in [0.05, 0.1) is 5.69 Å². The summed E-state index contributed by atoms with van der Waals surface area (Å²) in [4.78, 5) is 0. The molecule has 4 bridgehead atoms. The molecule has 1 aromatic rings. The minimum absolute atomic E-state index is 0.467. The monoisotopic (exact) mass is 272 g/mol. The lowest BCUT2D eigenvalue weighted by Gasteiger charge is -2.53. The maximum absolute atomic E-state index is 5.74. The number of hydrogen-bond acceptors (Lipinski definition) is 3. The van der Waals surface area contributed by atoms with Gasteiger partial charge in [-0.2, -0.15) is 0 Å². The second-order valence-electron chi connectivity index (χ2n) is 7.12. The van der Waals surface area contributed by atoms with Crippen LogP contribution in [0.1, 0.15) is 43.5 Å². The van der Waals surface area contributed by atoms with Gasteiger partial charge in [0, 0.05) is 13.6 Å². The maximum atomic E-state index is 5.74. The Morgan fingerprint density at radius 2 is 1.80 bits per heavy atom. The lowest BCUT2D eigenvalue weighted by Crippen LogP contribution is -2.44. The summed E-state index contributed by atoms with van der Waals surface area (Å²) in [7, 11) is 1.95. The number of nitrogens with zero attached hydrogens (tertiary/aromatic N) is 3. The number of hydrogen-bond donors (Lipinski definition) is 1. The maximum Gasteiger partial charge on any atom is 0.104 e. The predicted molar refractivity (Wildman–Crippen MR) is 78.5 cm³/mol. The predicted octanol–water partition coefficient (Wildman–Crippen LogP) is 2.36. The van der Waals surface area contributed by atoms with Gasteiger partial charge in [-0.3, -0.25) is 0 Å². The van der Waals surface area contributed by atoms with Crippen LogP contribution in [0.5, 0.6) is 0 Å². The highest BCUT2D eigenvalue weighted by Crippen LogP contribution is 2.56. The molecule has 4 heteroatoms. The van der Waals surface area contributed by atoms with Crippen molar-refractivity contribution < 1.29 is 0 Å². The summed E-state index contributed by atoms with van der Waals surface area (Å²) in [6.45, 7) is 0.467. The van der Waals surface area contributed by atoms with Crippen LogP contribution in [0.2, 0.25) is 0 Å². The zero-order valence-electron chi connectivity index (χ0n) is 12.2. The number of aromatic nitrogens is 3. The molecule has 1 heterocycles. The Morgan fingerprint density at radius 3 is 2.40 bits per heavy atom. The third-order valence-corrected chi connectivity index (χ3v) is 5.91. The minimum Gasteiger partial charge on any atom is -0.325 e. The molecule has 4 aliphatic rings. The first kappa shape index (κ1) is 12.6. The average molecular weight is 272 g/mol. The molecule has 0 unspecified atom stereocenters. The fraction of sp³-hybridized carbons (Fsp3) is 0.750. The standard InChI is InChI=1S/C16H24N4/c1-20-16(15(9-17)18-19-20)3-2-14-12-5-10-4-11(7-12)8-13(14)6-10/h2-3,10-14H,4-9,17H2,1H3/b3-2+. The number of nitrogens with two attached hydrogens (primary N) is 1. The van der Waals surface area contributed by atoms with Gasteiger partial charge in [0.2, 0.25) is 0 Å². The molecule has 4 nitrogen and oxygen atoms in total. The van der Waals surface area contributed by atoms with Gasteiger partial charge in [0.25, 0.3) is 0 Å². The van der Waals surface area contributed by atoms with E-state index in [0.29, 0.717) is 6.54 Å². The van der Waals surface area contributed by atoms with Gasteiger partial charge in [-0.25, -0.2) is 4.68 Å². The summed E-state index contributed by atoms with van der Waals surface area (Å²) < 4.78 is 1.84. The first-order chi connectivity index (χ1) is 9.74. The van der Waals surface area contributed by atoms with Gasteiger partial charge in [0.15, 0.2) is 0 Å². The molecule has 0 spiro atoms. The third kappa shape index (κ3) is 1.93. The summed E-state index contributed by atoms with van der Waals surface area (Å²) in [6.07, 6.45) is 12.1. The molecule has 4 fully saturated rings. The van der Waals surface area contributed by atoms with Gasteiger partial charge in [-0.1, -0.05) is 11.3 Å². The molecular formula is C16H24N4. The van der Waals surface area contributed by atoms with E-state index in [9.17, 15) is 0 Å². The lowest BCUT2D eigenvalue weighted by molar-refractivity contribution is -0.0158. The van der Waals surface area contributed by atoms with Crippen molar-refractivity contribution in [3.05, 3.63) is 17.5 Å². The molecule has 0 radical (unpaired) electrons. The number of allylic oxidation sites excluding steroid dienone is 1. The number of aryl methyl sites for hydroxylation is 1. The van der Waals surface area contributed by atoms with Crippen LogP contribution < -0.4 is 5.73 Å². The smallest absolute Gasteiger partial charge is 0.104 e. The Hall–Kier alpha value is -1.16. The topological polar surface area (TPSA) is 56.7 Å².